The van der Waals surface area contributed by atoms with Gasteiger partial charge in [-0.1, -0.05) is 18.2 Å². The molecule has 0 saturated heterocycles. The van der Waals surface area contributed by atoms with Crippen LogP contribution in [0.25, 0.3) is 0 Å². The lowest BCUT2D eigenvalue weighted by molar-refractivity contribution is 0.143. The van der Waals surface area contributed by atoms with E-state index in [0.717, 1.165) is 42.3 Å². The average molecular weight is 401 g/mol. The van der Waals surface area contributed by atoms with Gasteiger partial charge < -0.3 is 24.8 Å². The van der Waals surface area contributed by atoms with Gasteiger partial charge >= 0.3 is 0 Å². The van der Waals surface area contributed by atoms with E-state index in [1.54, 1.807) is 20.4 Å². The predicted molar refractivity (Wildman–Crippen MR) is 116 cm³/mol. The topological polar surface area (TPSA) is 77.0 Å². The molecule has 0 amide bonds. The van der Waals surface area contributed by atoms with Gasteiger partial charge in [-0.15, -0.1) is 0 Å². The third-order valence-electron chi connectivity index (χ3n) is 4.31. The molecular formula is C22H32N4O3. The Bertz CT molecular complexity index is 780. The molecular weight excluding hydrogens is 368 g/mol. The SMILES string of the molecule is CCNC(=NCc1cccnc1OCCOC)NCCc1ccc(C)c(OC)c1. The Hall–Kier alpha value is -2.80. The number of pyridine rings is 1. The second kappa shape index (κ2) is 12.6. The van der Waals surface area contributed by atoms with E-state index in [0.29, 0.717) is 25.6 Å². The zero-order valence-electron chi connectivity index (χ0n) is 17.8. The molecule has 0 spiro atoms. The van der Waals surface area contributed by atoms with Crippen molar-refractivity contribution in [3.05, 3.63) is 53.2 Å². The van der Waals surface area contributed by atoms with Gasteiger partial charge in [0, 0.05) is 32.0 Å². The number of hydrogen-bond acceptors (Lipinski definition) is 5. The number of ether oxygens (including phenoxy) is 3. The average Bonchev–Trinajstić information content (AvgIpc) is 2.74. The summed E-state index contributed by atoms with van der Waals surface area (Å²) in [5, 5.41) is 6.66. The number of methoxy groups -OCH3 is 2. The normalized spacial score (nSPS) is 11.2. The first-order valence-electron chi connectivity index (χ1n) is 9.89. The van der Waals surface area contributed by atoms with E-state index in [1.807, 2.05) is 26.0 Å². The van der Waals surface area contributed by atoms with Crippen LogP contribution in [0.5, 0.6) is 11.6 Å². The maximum absolute atomic E-state index is 5.68. The number of aryl methyl sites for hydroxylation is 1. The second-order valence-corrected chi connectivity index (χ2v) is 6.48. The molecule has 0 fully saturated rings. The number of nitrogens with zero attached hydrogens (tertiary/aromatic N) is 2. The fraction of sp³-hybridized carbons (Fsp3) is 0.455. The minimum absolute atomic E-state index is 0.461. The van der Waals surface area contributed by atoms with Crippen LogP contribution in [0.4, 0.5) is 0 Å². The summed E-state index contributed by atoms with van der Waals surface area (Å²) in [6.07, 6.45) is 2.59. The van der Waals surface area contributed by atoms with Crippen molar-refractivity contribution in [2.45, 2.75) is 26.8 Å². The maximum atomic E-state index is 5.68. The van der Waals surface area contributed by atoms with Crippen LogP contribution in [0, 0.1) is 6.92 Å². The van der Waals surface area contributed by atoms with Gasteiger partial charge in [0.15, 0.2) is 5.96 Å². The van der Waals surface area contributed by atoms with E-state index in [-0.39, 0.29) is 0 Å². The summed E-state index contributed by atoms with van der Waals surface area (Å²) in [7, 11) is 3.35. The van der Waals surface area contributed by atoms with E-state index in [2.05, 4.69) is 38.8 Å². The molecule has 0 atom stereocenters. The molecule has 0 aliphatic rings. The van der Waals surface area contributed by atoms with E-state index >= 15 is 0 Å². The summed E-state index contributed by atoms with van der Waals surface area (Å²) in [4.78, 5) is 8.97. The third kappa shape index (κ3) is 7.62. The second-order valence-electron chi connectivity index (χ2n) is 6.48. The maximum Gasteiger partial charge on any atom is 0.218 e. The van der Waals surface area contributed by atoms with Crippen LogP contribution in [-0.4, -0.2) is 51.5 Å². The lowest BCUT2D eigenvalue weighted by Crippen LogP contribution is -2.38. The highest BCUT2D eigenvalue weighted by Crippen LogP contribution is 2.19. The molecule has 0 aliphatic heterocycles. The molecule has 0 bridgehead atoms. The number of benzene rings is 1. The lowest BCUT2D eigenvalue weighted by atomic mass is 10.1. The molecule has 7 heteroatoms. The monoisotopic (exact) mass is 400 g/mol. The van der Waals surface area contributed by atoms with Crippen LogP contribution < -0.4 is 20.1 Å². The minimum atomic E-state index is 0.461. The Morgan fingerprint density at radius 1 is 1.14 bits per heavy atom. The van der Waals surface area contributed by atoms with Crippen LogP contribution >= 0.6 is 0 Å². The van der Waals surface area contributed by atoms with Crippen LogP contribution in [0.3, 0.4) is 0 Å². The molecule has 29 heavy (non-hydrogen) atoms. The number of aromatic nitrogens is 1. The first kappa shape index (κ1) is 22.5. The Labute approximate surface area is 173 Å². The van der Waals surface area contributed by atoms with Gasteiger partial charge in [0.05, 0.1) is 20.3 Å². The molecule has 0 aliphatic carbocycles. The highest BCUT2D eigenvalue weighted by molar-refractivity contribution is 5.79. The van der Waals surface area contributed by atoms with E-state index in [9.17, 15) is 0 Å². The van der Waals surface area contributed by atoms with Crippen molar-refractivity contribution in [3.8, 4) is 11.6 Å². The number of hydrogen-bond donors (Lipinski definition) is 2. The Morgan fingerprint density at radius 3 is 2.76 bits per heavy atom. The van der Waals surface area contributed by atoms with Crippen molar-refractivity contribution < 1.29 is 14.2 Å². The molecule has 2 aromatic rings. The Kier molecular flexibility index (Phi) is 9.78. The highest BCUT2D eigenvalue weighted by Gasteiger charge is 2.06. The standard InChI is InChI=1S/C22H32N4O3/c1-5-23-22(25-12-10-18-9-8-17(2)20(15-18)28-4)26-16-19-7-6-11-24-21(19)29-14-13-27-3/h6-9,11,15H,5,10,12-14,16H2,1-4H3,(H2,23,25,26). The minimum Gasteiger partial charge on any atom is -0.496 e. The molecule has 1 aromatic heterocycles. The number of rotatable bonds is 11. The molecule has 2 rings (SSSR count). The Balaban J connectivity index is 1.94. The molecule has 0 saturated carbocycles. The zero-order valence-corrected chi connectivity index (χ0v) is 17.8. The fourth-order valence-electron chi connectivity index (χ4n) is 2.75. The highest BCUT2D eigenvalue weighted by atomic mass is 16.5. The van der Waals surface area contributed by atoms with Gasteiger partial charge in [-0.2, -0.15) is 0 Å². The molecule has 0 unspecified atom stereocenters. The molecule has 158 valence electrons. The van der Waals surface area contributed by atoms with Crippen molar-refractivity contribution in [2.75, 3.05) is 40.5 Å². The number of aliphatic imine (C=N–C) groups is 1. The van der Waals surface area contributed by atoms with Crippen LogP contribution in [-0.2, 0) is 17.7 Å². The van der Waals surface area contributed by atoms with Gasteiger partial charge in [-0.3, -0.25) is 0 Å². The molecule has 1 aromatic carbocycles. The Morgan fingerprint density at radius 2 is 2.00 bits per heavy atom. The summed E-state index contributed by atoms with van der Waals surface area (Å²) in [5.41, 5.74) is 3.29. The predicted octanol–water partition coefficient (Wildman–Crippen LogP) is 2.72. The van der Waals surface area contributed by atoms with Crippen molar-refractivity contribution in [3.63, 3.8) is 0 Å². The van der Waals surface area contributed by atoms with E-state index in [1.165, 1.54) is 5.56 Å². The van der Waals surface area contributed by atoms with E-state index in [4.69, 9.17) is 14.2 Å². The first-order chi connectivity index (χ1) is 14.2. The number of nitrogens with one attached hydrogen (secondary N) is 2. The summed E-state index contributed by atoms with van der Waals surface area (Å²) in [6, 6.07) is 10.2. The molecule has 0 radical (unpaired) electrons. The van der Waals surface area contributed by atoms with Gasteiger partial charge in [0.2, 0.25) is 5.88 Å². The summed E-state index contributed by atoms with van der Waals surface area (Å²) in [6.45, 7) is 7.10. The number of guanidine groups is 1. The van der Waals surface area contributed by atoms with Crippen molar-refractivity contribution >= 4 is 5.96 Å². The summed E-state index contributed by atoms with van der Waals surface area (Å²) in [5.74, 6) is 2.27. The van der Waals surface area contributed by atoms with Gasteiger partial charge in [0.1, 0.15) is 12.4 Å². The third-order valence-corrected chi connectivity index (χ3v) is 4.31. The van der Waals surface area contributed by atoms with Gasteiger partial charge in [-0.25, -0.2) is 9.98 Å². The van der Waals surface area contributed by atoms with Crippen LogP contribution in [0.1, 0.15) is 23.6 Å². The van der Waals surface area contributed by atoms with Crippen LogP contribution in [0.15, 0.2) is 41.5 Å². The lowest BCUT2D eigenvalue weighted by Gasteiger charge is -2.13. The summed E-state index contributed by atoms with van der Waals surface area (Å²) >= 11 is 0. The largest absolute Gasteiger partial charge is 0.496 e. The van der Waals surface area contributed by atoms with E-state index < -0.39 is 0 Å². The van der Waals surface area contributed by atoms with Gasteiger partial charge in [-0.05, 0) is 43.5 Å². The molecule has 1 heterocycles. The van der Waals surface area contributed by atoms with Crippen molar-refractivity contribution in [1.82, 2.24) is 15.6 Å². The molecule has 2 N–H and O–H groups in total. The summed E-state index contributed by atoms with van der Waals surface area (Å²) < 4.78 is 16.1. The van der Waals surface area contributed by atoms with Crippen LogP contribution in [0.2, 0.25) is 0 Å². The van der Waals surface area contributed by atoms with Gasteiger partial charge in [0.25, 0.3) is 0 Å². The molecule has 7 nitrogen and oxygen atoms in total. The fourth-order valence-corrected chi connectivity index (χ4v) is 2.75. The quantitative estimate of drug-likeness (QED) is 0.343. The first-order valence-corrected chi connectivity index (χ1v) is 9.89. The zero-order chi connectivity index (χ0) is 20.9. The van der Waals surface area contributed by atoms with Crippen molar-refractivity contribution in [1.29, 1.82) is 0 Å². The van der Waals surface area contributed by atoms with Crippen molar-refractivity contribution in [2.24, 2.45) is 4.99 Å². The smallest absolute Gasteiger partial charge is 0.218 e.